The summed E-state index contributed by atoms with van der Waals surface area (Å²) in [5.41, 5.74) is 1.85. The van der Waals surface area contributed by atoms with Crippen LogP contribution in [0.1, 0.15) is 24.3 Å². The molecule has 1 aliphatic carbocycles. The largest absolute Gasteiger partial charge is 0.476 e. The summed E-state index contributed by atoms with van der Waals surface area (Å²) in [7, 11) is 0. The zero-order valence-electron chi connectivity index (χ0n) is 13.2. The van der Waals surface area contributed by atoms with Crippen LogP contribution in [0, 0.1) is 0 Å². The number of benzene rings is 2. The molecule has 1 aliphatic rings. The molecule has 0 aliphatic heterocycles. The number of aromatic nitrogens is 3. The number of rotatable bonds is 5. The molecule has 0 spiro atoms. The van der Waals surface area contributed by atoms with E-state index in [4.69, 9.17) is 5.11 Å². The van der Waals surface area contributed by atoms with E-state index in [2.05, 4.69) is 26.1 Å². The minimum absolute atomic E-state index is 0.146. The third-order valence-corrected chi connectivity index (χ3v) is 5.65. The molecule has 0 bridgehead atoms. The molecule has 0 radical (unpaired) electrons. The Morgan fingerprint density at radius 1 is 1.19 bits per heavy atom. The maximum atomic E-state index is 13.7. The topological polar surface area (TPSA) is 68.0 Å². The van der Waals surface area contributed by atoms with Crippen LogP contribution in [0.5, 0.6) is 0 Å². The van der Waals surface area contributed by atoms with Gasteiger partial charge in [0, 0.05) is 17.1 Å². The van der Waals surface area contributed by atoms with Crippen LogP contribution in [-0.2, 0) is 4.79 Å². The van der Waals surface area contributed by atoms with Crippen molar-refractivity contribution in [2.24, 2.45) is 0 Å². The molecule has 0 unspecified atom stereocenters. The second-order valence-corrected chi connectivity index (χ2v) is 7.80. The molecular formula is C17H12BrF2N3O2S. The highest BCUT2D eigenvalue weighted by Gasteiger charge is 2.42. The lowest BCUT2D eigenvalue weighted by atomic mass is 9.99. The van der Waals surface area contributed by atoms with Crippen molar-refractivity contribution >= 4 is 44.4 Å². The predicted octanol–water partition coefficient (Wildman–Crippen LogP) is 4.83. The van der Waals surface area contributed by atoms with Gasteiger partial charge in [-0.1, -0.05) is 30.3 Å². The fourth-order valence-electron chi connectivity index (χ4n) is 2.93. The number of nitrogens with zero attached hydrogens (tertiary/aromatic N) is 3. The van der Waals surface area contributed by atoms with E-state index >= 15 is 0 Å². The highest BCUT2D eigenvalue weighted by Crippen LogP contribution is 2.45. The second kappa shape index (κ2) is 6.31. The maximum Gasteiger partial charge on any atom is 0.395 e. The molecular weight excluding hydrogens is 428 g/mol. The van der Waals surface area contributed by atoms with E-state index < -0.39 is 11.2 Å². The number of aliphatic carboxylic acids is 1. The van der Waals surface area contributed by atoms with Crippen LogP contribution >= 0.6 is 27.7 Å². The molecule has 26 heavy (non-hydrogen) atoms. The first-order valence-electron chi connectivity index (χ1n) is 7.81. The minimum Gasteiger partial charge on any atom is -0.476 e. The summed E-state index contributed by atoms with van der Waals surface area (Å²) in [6, 6.07) is 11.6. The first-order valence-corrected chi connectivity index (χ1v) is 9.42. The predicted molar refractivity (Wildman–Crippen MR) is 97.0 cm³/mol. The van der Waals surface area contributed by atoms with Gasteiger partial charge >= 0.3 is 11.2 Å². The molecule has 4 rings (SSSR count). The van der Waals surface area contributed by atoms with E-state index in [-0.39, 0.29) is 21.7 Å². The Labute approximate surface area is 159 Å². The lowest BCUT2D eigenvalue weighted by Gasteiger charge is -2.15. The van der Waals surface area contributed by atoms with Crippen molar-refractivity contribution in [3.8, 4) is 5.69 Å². The molecule has 2 aromatic carbocycles. The monoisotopic (exact) mass is 439 g/mol. The Hall–Kier alpha value is -2.00. The third-order valence-electron chi connectivity index (χ3n) is 4.26. The Morgan fingerprint density at radius 2 is 1.88 bits per heavy atom. The lowest BCUT2D eigenvalue weighted by Crippen LogP contribution is -2.24. The highest BCUT2D eigenvalue weighted by molar-refractivity contribution is 9.10. The number of alkyl halides is 2. The number of halogens is 3. The Bertz CT molecular complexity index is 1020. The van der Waals surface area contributed by atoms with Gasteiger partial charge in [-0.3, -0.25) is 4.57 Å². The van der Waals surface area contributed by atoms with Crippen molar-refractivity contribution in [3.63, 3.8) is 0 Å². The van der Waals surface area contributed by atoms with E-state index in [1.54, 1.807) is 0 Å². The van der Waals surface area contributed by atoms with Gasteiger partial charge in [-0.25, -0.2) is 4.79 Å². The van der Waals surface area contributed by atoms with E-state index in [9.17, 15) is 13.6 Å². The molecule has 134 valence electrons. The molecule has 0 atom stereocenters. The summed E-state index contributed by atoms with van der Waals surface area (Å²) in [6.07, 6.45) is 2.29. The summed E-state index contributed by atoms with van der Waals surface area (Å²) < 4.78 is 29.0. The van der Waals surface area contributed by atoms with Crippen LogP contribution in [0.2, 0.25) is 0 Å². The van der Waals surface area contributed by atoms with Gasteiger partial charge in [0.2, 0.25) is 9.89 Å². The van der Waals surface area contributed by atoms with Crippen molar-refractivity contribution in [2.75, 3.05) is 0 Å². The molecule has 1 aromatic heterocycles. The minimum atomic E-state index is -4.01. The van der Waals surface area contributed by atoms with Crippen molar-refractivity contribution in [1.82, 2.24) is 14.8 Å². The fraction of sp³-hybridized carbons (Fsp3) is 0.235. The molecule has 1 fully saturated rings. The SMILES string of the molecule is O=C(O)C(F)(F)Sc1nnc(Br)n1-c1ccc(C2CC2)c2ccccc12. The van der Waals surface area contributed by atoms with E-state index in [0.29, 0.717) is 11.6 Å². The molecule has 1 N–H and O–H groups in total. The molecule has 0 amide bonds. The lowest BCUT2D eigenvalue weighted by molar-refractivity contribution is -0.152. The molecule has 5 nitrogen and oxygen atoms in total. The normalized spacial score (nSPS) is 14.7. The number of carboxylic acid groups (broad SMARTS) is 1. The smallest absolute Gasteiger partial charge is 0.395 e. The summed E-state index contributed by atoms with van der Waals surface area (Å²) in [5.74, 6) is -1.69. The summed E-state index contributed by atoms with van der Waals surface area (Å²) in [6.45, 7) is 0. The number of hydrogen-bond acceptors (Lipinski definition) is 4. The molecule has 9 heteroatoms. The quantitative estimate of drug-likeness (QED) is 0.576. The number of fused-ring (bicyclic) bond motifs is 1. The molecule has 0 saturated heterocycles. The van der Waals surface area contributed by atoms with Gasteiger partial charge < -0.3 is 5.11 Å². The van der Waals surface area contributed by atoms with Crippen LogP contribution in [0.4, 0.5) is 8.78 Å². The van der Waals surface area contributed by atoms with Gasteiger partial charge in [-0.05, 0) is 51.7 Å². The standard InChI is InChI=1S/C17H12BrF2N3O2S/c18-15-21-22-16(26-17(19,20)14(24)25)23(15)13-8-7-10(9-5-6-9)11-3-1-2-4-12(11)13/h1-4,7-9H,5-6H2,(H,24,25). The Balaban J connectivity index is 1.88. The number of thioether (sulfide) groups is 1. The van der Waals surface area contributed by atoms with Crippen LogP contribution in [0.25, 0.3) is 16.5 Å². The molecule has 3 aromatic rings. The summed E-state index contributed by atoms with van der Waals surface area (Å²) >= 11 is 3.08. The van der Waals surface area contributed by atoms with Gasteiger partial charge in [-0.15, -0.1) is 10.2 Å². The van der Waals surface area contributed by atoms with Crippen molar-refractivity contribution in [2.45, 2.75) is 29.2 Å². The van der Waals surface area contributed by atoms with Gasteiger partial charge in [0.1, 0.15) is 0 Å². The maximum absolute atomic E-state index is 13.7. The van der Waals surface area contributed by atoms with Gasteiger partial charge in [0.25, 0.3) is 0 Å². The highest BCUT2D eigenvalue weighted by atomic mass is 79.9. The fourth-order valence-corrected chi connectivity index (χ4v) is 4.16. The van der Waals surface area contributed by atoms with E-state index in [1.807, 2.05) is 36.4 Å². The Kier molecular flexibility index (Phi) is 4.23. The van der Waals surface area contributed by atoms with Crippen molar-refractivity contribution in [3.05, 3.63) is 46.7 Å². The van der Waals surface area contributed by atoms with Crippen LogP contribution in [0.3, 0.4) is 0 Å². The van der Waals surface area contributed by atoms with Crippen LogP contribution in [0.15, 0.2) is 46.3 Å². The number of hydrogen-bond donors (Lipinski definition) is 1. The first-order chi connectivity index (χ1) is 12.4. The number of carboxylic acids is 1. The zero-order chi connectivity index (χ0) is 18.5. The summed E-state index contributed by atoms with van der Waals surface area (Å²) in [5, 5.41) is 13.9. The van der Waals surface area contributed by atoms with E-state index in [0.717, 1.165) is 23.6 Å². The molecule has 1 heterocycles. The average molecular weight is 440 g/mol. The Morgan fingerprint density at radius 3 is 2.54 bits per heavy atom. The van der Waals surface area contributed by atoms with Gasteiger partial charge in [-0.2, -0.15) is 8.78 Å². The first kappa shape index (κ1) is 17.4. The van der Waals surface area contributed by atoms with E-state index in [1.165, 1.54) is 10.1 Å². The van der Waals surface area contributed by atoms with Crippen molar-refractivity contribution < 1.29 is 18.7 Å². The van der Waals surface area contributed by atoms with Gasteiger partial charge in [0.05, 0.1) is 5.69 Å². The number of carbonyl (C=O) groups is 1. The van der Waals surface area contributed by atoms with Crippen LogP contribution in [-0.4, -0.2) is 31.1 Å². The van der Waals surface area contributed by atoms with Crippen LogP contribution < -0.4 is 0 Å². The second-order valence-electron chi connectivity index (χ2n) is 6.00. The zero-order valence-corrected chi connectivity index (χ0v) is 15.6. The van der Waals surface area contributed by atoms with Crippen molar-refractivity contribution in [1.29, 1.82) is 0 Å². The summed E-state index contributed by atoms with van der Waals surface area (Å²) in [4.78, 5) is 10.8. The third kappa shape index (κ3) is 2.99. The average Bonchev–Trinajstić information content (AvgIpc) is 3.39. The van der Waals surface area contributed by atoms with Gasteiger partial charge in [0.15, 0.2) is 0 Å². The molecule has 1 saturated carbocycles.